The van der Waals surface area contributed by atoms with Gasteiger partial charge >= 0.3 is 0 Å². The van der Waals surface area contributed by atoms with E-state index >= 15 is 0 Å². The molecule has 0 amide bonds. The lowest BCUT2D eigenvalue weighted by Crippen LogP contribution is -2.01. The van der Waals surface area contributed by atoms with E-state index in [2.05, 4.69) is 61.5 Å². The van der Waals surface area contributed by atoms with Crippen LogP contribution in [0.5, 0.6) is 5.75 Å². The first-order valence-corrected chi connectivity index (χ1v) is 12.6. The summed E-state index contributed by atoms with van der Waals surface area (Å²) in [4.78, 5) is 0. The highest BCUT2D eigenvalue weighted by molar-refractivity contribution is 5.37. The summed E-state index contributed by atoms with van der Waals surface area (Å²) in [5.74, 6) is 1.05. The molecular formula is C29H44O. The summed E-state index contributed by atoms with van der Waals surface area (Å²) in [6, 6.07) is 19.1. The van der Waals surface area contributed by atoms with Crippen molar-refractivity contribution in [2.24, 2.45) is 0 Å². The largest absolute Gasteiger partial charge is 0.493 e. The minimum atomic E-state index is 0.837. The van der Waals surface area contributed by atoms with Crippen molar-refractivity contribution in [3.63, 3.8) is 0 Å². The predicted molar refractivity (Wildman–Crippen MR) is 131 cm³/mol. The zero-order chi connectivity index (χ0) is 21.1. The van der Waals surface area contributed by atoms with Gasteiger partial charge in [-0.3, -0.25) is 0 Å². The molecule has 0 aliphatic rings. The molecule has 2 aromatic rings. The average Bonchev–Trinajstić information content (AvgIpc) is 2.78. The summed E-state index contributed by atoms with van der Waals surface area (Å²) in [6.45, 7) is 3.13. The van der Waals surface area contributed by atoms with Crippen LogP contribution in [-0.4, -0.2) is 6.61 Å². The summed E-state index contributed by atoms with van der Waals surface area (Å²) < 4.78 is 6.12. The first kappa shape index (κ1) is 24.5. The van der Waals surface area contributed by atoms with Gasteiger partial charge in [0.1, 0.15) is 5.75 Å². The quantitative estimate of drug-likeness (QED) is 0.223. The van der Waals surface area contributed by atoms with Crippen molar-refractivity contribution in [3.05, 3.63) is 65.7 Å². The molecule has 1 heteroatoms. The third-order valence-corrected chi connectivity index (χ3v) is 5.97. The van der Waals surface area contributed by atoms with E-state index in [-0.39, 0.29) is 0 Å². The summed E-state index contributed by atoms with van der Waals surface area (Å²) in [5, 5.41) is 0. The third-order valence-electron chi connectivity index (χ3n) is 5.97. The Morgan fingerprint density at radius 3 is 1.63 bits per heavy atom. The first-order valence-electron chi connectivity index (χ1n) is 12.6. The number of hydrogen-bond acceptors (Lipinski definition) is 1. The monoisotopic (exact) mass is 408 g/mol. The van der Waals surface area contributed by atoms with Gasteiger partial charge in [-0.05, 0) is 23.6 Å². The van der Waals surface area contributed by atoms with Gasteiger partial charge in [0.2, 0.25) is 0 Å². The molecule has 0 aliphatic carbocycles. The molecule has 0 saturated heterocycles. The Balaban J connectivity index is 1.45. The Hall–Kier alpha value is -1.76. The molecule has 0 atom stereocenters. The molecule has 0 radical (unpaired) electrons. The summed E-state index contributed by atoms with van der Waals surface area (Å²) in [5.41, 5.74) is 2.62. The van der Waals surface area contributed by atoms with Gasteiger partial charge in [-0.25, -0.2) is 0 Å². The van der Waals surface area contributed by atoms with Gasteiger partial charge in [-0.15, -0.1) is 0 Å². The minimum Gasteiger partial charge on any atom is -0.493 e. The highest BCUT2D eigenvalue weighted by Gasteiger charge is 2.04. The number of benzene rings is 2. The van der Waals surface area contributed by atoms with Crippen LogP contribution < -0.4 is 4.74 Å². The molecule has 1 nitrogen and oxygen atoms in total. The van der Waals surface area contributed by atoms with Crippen LogP contribution in [0.2, 0.25) is 0 Å². The second-order valence-electron chi connectivity index (χ2n) is 8.71. The topological polar surface area (TPSA) is 9.23 Å². The van der Waals surface area contributed by atoms with Crippen LogP contribution in [-0.2, 0) is 6.42 Å². The number of unbranched alkanes of at least 4 members (excludes halogenated alkanes) is 13. The molecular weight excluding hydrogens is 364 g/mol. The van der Waals surface area contributed by atoms with Gasteiger partial charge in [0.05, 0.1) is 6.61 Å². The zero-order valence-corrected chi connectivity index (χ0v) is 19.4. The van der Waals surface area contributed by atoms with E-state index < -0.39 is 0 Å². The van der Waals surface area contributed by atoms with E-state index in [0.29, 0.717) is 0 Å². The molecule has 2 aromatic carbocycles. The molecule has 0 bridgehead atoms. The van der Waals surface area contributed by atoms with Crippen LogP contribution in [0.25, 0.3) is 0 Å². The van der Waals surface area contributed by atoms with Crippen LogP contribution >= 0.6 is 0 Å². The smallest absolute Gasteiger partial charge is 0.122 e. The average molecular weight is 409 g/mol. The van der Waals surface area contributed by atoms with E-state index in [1.54, 1.807) is 0 Å². The summed E-state index contributed by atoms with van der Waals surface area (Å²) in [6.07, 6.45) is 20.4. The lowest BCUT2D eigenvalue weighted by Gasteiger charge is -2.11. The molecule has 0 spiro atoms. The molecule has 2 rings (SSSR count). The molecule has 0 saturated carbocycles. The van der Waals surface area contributed by atoms with Gasteiger partial charge in [-0.2, -0.15) is 0 Å². The van der Waals surface area contributed by atoms with Gasteiger partial charge in [-0.1, -0.05) is 139 Å². The van der Waals surface area contributed by atoms with Crippen molar-refractivity contribution in [2.75, 3.05) is 6.61 Å². The van der Waals surface area contributed by atoms with Crippen LogP contribution in [0, 0.1) is 0 Å². The van der Waals surface area contributed by atoms with Gasteiger partial charge in [0, 0.05) is 6.42 Å². The van der Waals surface area contributed by atoms with Crippen LogP contribution in [0.4, 0.5) is 0 Å². The lowest BCUT2D eigenvalue weighted by atomic mass is 10.0. The van der Waals surface area contributed by atoms with E-state index in [0.717, 1.165) is 25.2 Å². The maximum Gasteiger partial charge on any atom is 0.122 e. The number of hydrogen-bond donors (Lipinski definition) is 0. The van der Waals surface area contributed by atoms with Crippen molar-refractivity contribution in [1.29, 1.82) is 0 Å². The molecule has 0 unspecified atom stereocenters. The normalized spacial score (nSPS) is 11.0. The van der Waals surface area contributed by atoms with Crippen LogP contribution in [0.1, 0.15) is 108 Å². The number of rotatable bonds is 18. The standard InChI is InChI=1S/C29H44O/c1-2-3-4-5-6-7-8-9-10-11-12-13-14-20-25-30-29-24-19-18-23-28(29)26-27-21-16-15-17-22-27/h15-19,21-24H,2-14,20,25-26H2,1H3. The minimum absolute atomic E-state index is 0.837. The lowest BCUT2D eigenvalue weighted by molar-refractivity contribution is 0.301. The van der Waals surface area contributed by atoms with Crippen LogP contribution in [0.3, 0.4) is 0 Å². The van der Waals surface area contributed by atoms with Gasteiger partial charge in [0.15, 0.2) is 0 Å². The fraction of sp³-hybridized carbons (Fsp3) is 0.586. The molecule has 166 valence electrons. The van der Waals surface area contributed by atoms with Crippen LogP contribution in [0.15, 0.2) is 54.6 Å². The highest BCUT2D eigenvalue weighted by atomic mass is 16.5. The Kier molecular flexibility index (Phi) is 13.9. The first-order chi connectivity index (χ1) is 14.9. The second kappa shape index (κ2) is 17.0. The van der Waals surface area contributed by atoms with Crippen molar-refractivity contribution >= 4 is 0 Å². The predicted octanol–water partition coefficient (Wildman–Crippen LogP) is 9.14. The zero-order valence-electron chi connectivity index (χ0n) is 19.4. The van der Waals surface area contributed by atoms with E-state index in [1.807, 2.05) is 0 Å². The third kappa shape index (κ3) is 11.4. The van der Waals surface area contributed by atoms with E-state index in [9.17, 15) is 0 Å². The van der Waals surface area contributed by atoms with E-state index in [4.69, 9.17) is 4.74 Å². The maximum absolute atomic E-state index is 6.12. The molecule has 30 heavy (non-hydrogen) atoms. The Bertz CT molecular complexity index is 634. The Morgan fingerprint density at radius 1 is 0.533 bits per heavy atom. The van der Waals surface area contributed by atoms with Gasteiger partial charge in [0.25, 0.3) is 0 Å². The fourth-order valence-corrected chi connectivity index (χ4v) is 4.09. The number of para-hydroxylation sites is 1. The maximum atomic E-state index is 6.12. The molecule has 0 heterocycles. The highest BCUT2D eigenvalue weighted by Crippen LogP contribution is 2.22. The van der Waals surface area contributed by atoms with Gasteiger partial charge < -0.3 is 4.74 Å². The van der Waals surface area contributed by atoms with Crippen molar-refractivity contribution in [1.82, 2.24) is 0 Å². The SMILES string of the molecule is CCCCCCCCCCCCCCCCOc1ccccc1Cc1ccccc1. The molecule has 0 N–H and O–H groups in total. The van der Waals surface area contributed by atoms with Crippen molar-refractivity contribution < 1.29 is 4.74 Å². The van der Waals surface area contributed by atoms with Crippen molar-refractivity contribution in [2.45, 2.75) is 103 Å². The molecule has 0 aromatic heterocycles. The summed E-state index contributed by atoms with van der Waals surface area (Å²) >= 11 is 0. The van der Waals surface area contributed by atoms with E-state index in [1.165, 1.54) is 94.6 Å². The Labute approximate surface area is 186 Å². The summed E-state index contributed by atoms with van der Waals surface area (Å²) in [7, 11) is 0. The van der Waals surface area contributed by atoms with Crippen molar-refractivity contribution in [3.8, 4) is 5.75 Å². The molecule has 0 fully saturated rings. The Morgan fingerprint density at radius 2 is 1.03 bits per heavy atom. The second-order valence-corrected chi connectivity index (χ2v) is 8.71. The number of ether oxygens (including phenoxy) is 1. The fourth-order valence-electron chi connectivity index (χ4n) is 4.09. The molecule has 0 aliphatic heterocycles.